The van der Waals surface area contributed by atoms with Gasteiger partial charge in [-0.1, -0.05) is 25.1 Å². The monoisotopic (exact) mass is 374 g/mol. The van der Waals surface area contributed by atoms with Gasteiger partial charge in [-0.15, -0.1) is 0 Å². The topological polar surface area (TPSA) is 66.4 Å². The molecule has 1 aliphatic rings. The highest BCUT2D eigenvalue weighted by Crippen LogP contribution is 2.25. The van der Waals surface area contributed by atoms with E-state index in [4.69, 9.17) is 4.98 Å². The molecule has 0 N–H and O–H groups in total. The molecule has 28 heavy (non-hydrogen) atoms. The smallest absolute Gasteiger partial charge is 0.254 e. The number of amides is 2. The van der Waals surface area contributed by atoms with Crippen molar-refractivity contribution in [2.75, 3.05) is 26.2 Å². The normalized spacial score (nSPS) is 14.3. The summed E-state index contributed by atoms with van der Waals surface area (Å²) in [5.41, 5.74) is 3.03. The van der Waals surface area contributed by atoms with Gasteiger partial charge in [-0.2, -0.15) is 0 Å². The first-order valence-electron chi connectivity index (χ1n) is 9.54. The highest BCUT2D eigenvalue weighted by molar-refractivity contribution is 6.07. The fourth-order valence-electron chi connectivity index (χ4n) is 3.57. The van der Waals surface area contributed by atoms with Gasteiger partial charge >= 0.3 is 0 Å². The zero-order chi connectivity index (χ0) is 19.5. The molecule has 3 aromatic rings. The van der Waals surface area contributed by atoms with Crippen molar-refractivity contribution in [2.45, 2.75) is 13.3 Å². The number of fused-ring (bicyclic) bond motifs is 1. The molecule has 1 aromatic carbocycles. The lowest BCUT2D eigenvalue weighted by molar-refractivity contribution is -0.132. The molecule has 0 radical (unpaired) electrons. The summed E-state index contributed by atoms with van der Waals surface area (Å²) < 4.78 is 0. The van der Waals surface area contributed by atoms with Gasteiger partial charge in [0.25, 0.3) is 5.91 Å². The summed E-state index contributed by atoms with van der Waals surface area (Å²) in [5.74, 6) is 0.118. The van der Waals surface area contributed by atoms with Crippen LogP contribution in [0.1, 0.15) is 23.7 Å². The van der Waals surface area contributed by atoms with Crippen LogP contribution in [0.15, 0.2) is 54.9 Å². The predicted octanol–water partition coefficient (Wildman–Crippen LogP) is 2.99. The lowest BCUT2D eigenvalue weighted by atomic mass is 10.0. The third-order valence-electron chi connectivity index (χ3n) is 5.13. The molecule has 3 heterocycles. The molecule has 1 fully saturated rings. The molecule has 0 bridgehead atoms. The van der Waals surface area contributed by atoms with Crippen molar-refractivity contribution in [1.82, 2.24) is 19.8 Å². The van der Waals surface area contributed by atoms with Crippen LogP contribution < -0.4 is 0 Å². The van der Waals surface area contributed by atoms with Crippen LogP contribution in [0, 0.1) is 0 Å². The van der Waals surface area contributed by atoms with Gasteiger partial charge in [0.15, 0.2) is 0 Å². The number of rotatable bonds is 3. The minimum Gasteiger partial charge on any atom is -0.339 e. The van der Waals surface area contributed by atoms with Crippen LogP contribution in [0.3, 0.4) is 0 Å². The molecule has 1 saturated heterocycles. The fraction of sp³-hybridized carbons (Fsp3) is 0.273. The molecular weight excluding hydrogens is 352 g/mol. The first kappa shape index (κ1) is 18.1. The van der Waals surface area contributed by atoms with Crippen molar-refractivity contribution in [3.63, 3.8) is 0 Å². The molecule has 0 unspecified atom stereocenters. The zero-order valence-electron chi connectivity index (χ0n) is 15.8. The minimum atomic E-state index is -0.0210. The molecule has 1 aliphatic heterocycles. The molecule has 142 valence electrons. The second kappa shape index (κ2) is 7.76. The molecule has 2 aromatic heterocycles. The molecule has 0 atom stereocenters. The Hall–Kier alpha value is -3.28. The number of carbonyl (C=O) groups is 2. The largest absolute Gasteiger partial charge is 0.339 e. The summed E-state index contributed by atoms with van der Waals surface area (Å²) in [6.07, 6.45) is 3.96. The molecular formula is C22H22N4O2. The summed E-state index contributed by atoms with van der Waals surface area (Å²) >= 11 is 0. The summed E-state index contributed by atoms with van der Waals surface area (Å²) in [4.78, 5) is 37.8. The van der Waals surface area contributed by atoms with Crippen LogP contribution in [-0.4, -0.2) is 57.8 Å². The van der Waals surface area contributed by atoms with E-state index in [1.165, 1.54) is 0 Å². The van der Waals surface area contributed by atoms with E-state index in [0.29, 0.717) is 38.2 Å². The average molecular weight is 374 g/mol. The highest BCUT2D eigenvalue weighted by atomic mass is 16.2. The lowest BCUT2D eigenvalue weighted by Crippen LogP contribution is -2.50. The summed E-state index contributed by atoms with van der Waals surface area (Å²) in [5, 5.41) is 0.840. The second-order valence-electron chi connectivity index (χ2n) is 6.84. The lowest BCUT2D eigenvalue weighted by Gasteiger charge is -2.35. The molecule has 4 rings (SSSR count). The number of piperazine rings is 1. The average Bonchev–Trinajstić information content (AvgIpc) is 2.78. The predicted molar refractivity (Wildman–Crippen MR) is 108 cm³/mol. The van der Waals surface area contributed by atoms with Gasteiger partial charge in [-0.05, 0) is 24.3 Å². The van der Waals surface area contributed by atoms with Crippen molar-refractivity contribution in [3.05, 3.63) is 60.4 Å². The van der Waals surface area contributed by atoms with Crippen LogP contribution in [0.4, 0.5) is 0 Å². The van der Waals surface area contributed by atoms with Gasteiger partial charge in [0.2, 0.25) is 5.91 Å². The van der Waals surface area contributed by atoms with Crippen LogP contribution in [-0.2, 0) is 4.79 Å². The molecule has 0 aliphatic carbocycles. The first-order chi connectivity index (χ1) is 13.7. The van der Waals surface area contributed by atoms with E-state index < -0.39 is 0 Å². The third kappa shape index (κ3) is 3.45. The Morgan fingerprint density at radius 1 is 1.00 bits per heavy atom. The number of para-hydroxylation sites is 1. The maximum atomic E-state index is 13.3. The second-order valence-corrected chi connectivity index (χ2v) is 6.84. The summed E-state index contributed by atoms with van der Waals surface area (Å²) in [7, 11) is 0. The van der Waals surface area contributed by atoms with Crippen molar-refractivity contribution in [1.29, 1.82) is 0 Å². The maximum Gasteiger partial charge on any atom is 0.254 e. The van der Waals surface area contributed by atoms with Gasteiger partial charge in [0, 0.05) is 55.9 Å². The standard InChI is InChI=1S/C22H22N4O2/c1-2-21(27)25-10-12-26(13-11-25)22(28)18-14-20(16-6-5-9-23-15-16)24-19-8-4-3-7-17(18)19/h3-9,14-15H,2,10-13H2,1H3. The SMILES string of the molecule is CCC(=O)N1CCN(C(=O)c2cc(-c3cccnc3)nc3ccccc23)CC1. The van der Waals surface area contributed by atoms with Gasteiger partial charge in [0.1, 0.15) is 0 Å². The van der Waals surface area contributed by atoms with E-state index in [2.05, 4.69) is 4.98 Å². The number of hydrogen-bond acceptors (Lipinski definition) is 4. The Bertz CT molecular complexity index is 1010. The number of aromatic nitrogens is 2. The zero-order valence-corrected chi connectivity index (χ0v) is 15.8. The van der Waals surface area contributed by atoms with E-state index in [9.17, 15) is 9.59 Å². The van der Waals surface area contributed by atoms with Gasteiger partial charge < -0.3 is 9.80 Å². The number of pyridine rings is 2. The van der Waals surface area contributed by atoms with Crippen LogP contribution in [0.5, 0.6) is 0 Å². The molecule has 0 spiro atoms. The Labute approximate surface area is 163 Å². The van der Waals surface area contributed by atoms with Crippen LogP contribution in [0.25, 0.3) is 22.2 Å². The Morgan fingerprint density at radius 3 is 2.46 bits per heavy atom. The van der Waals surface area contributed by atoms with Gasteiger partial charge in [-0.3, -0.25) is 14.6 Å². The van der Waals surface area contributed by atoms with Crippen molar-refractivity contribution < 1.29 is 9.59 Å². The number of benzene rings is 1. The maximum absolute atomic E-state index is 13.3. The van der Waals surface area contributed by atoms with Gasteiger partial charge in [-0.25, -0.2) is 4.98 Å². The van der Waals surface area contributed by atoms with E-state index in [1.54, 1.807) is 12.4 Å². The molecule has 6 heteroatoms. The minimum absolute atomic E-state index is 0.0210. The number of hydrogen-bond donors (Lipinski definition) is 0. The Morgan fingerprint density at radius 2 is 1.75 bits per heavy atom. The number of nitrogens with zero attached hydrogens (tertiary/aromatic N) is 4. The molecule has 2 amide bonds. The van der Waals surface area contributed by atoms with Crippen molar-refractivity contribution >= 4 is 22.7 Å². The fourth-order valence-corrected chi connectivity index (χ4v) is 3.57. The van der Waals surface area contributed by atoms with E-state index in [-0.39, 0.29) is 11.8 Å². The van der Waals surface area contributed by atoms with Crippen molar-refractivity contribution in [2.24, 2.45) is 0 Å². The van der Waals surface area contributed by atoms with E-state index in [0.717, 1.165) is 22.2 Å². The Kier molecular flexibility index (Phi) is 5.02. The van der Waals surface area contributed by atoms with Gasteiger partial charge in [0.05, 0.1) is 16.8 Å². The number of carbonyl (C=O) groups excluding carboxylic acids is 2. The van der Waals surface area contributed by atoms with Crippen LogP contribution in [0.2, 0.25) is 0 Å². The summed E-state index contributed by atoms with van der Waals surface area (Å²) in [6, 6.07) is 13.3. The summed E-state index contributed by atoms with van der Waals surface area (Å²) in [6.45, 7) is 4.11. The first-order valence-corrected chi connectivity index (χ1v) is 9.54. The quantitative estimate of drug-likeness (QED) is 0.707. The van der Waals surface area contributed by atoms with E-state index >= 15 is 0 Å². The molecule has 0 saturated carbocycles. The highest BCUT2D eigenvalue weighted by Gasteiger charge is 2.25. The Balaban J connectivity index is 1.68. The molecule has 6 nitrogen and oxygen atoms in total. The van der Waals surface area contributed by atoms with Crippen molar-refractivity contribution in [3.8, 4) is 11.3 Å². The van der Waals surface area contributed by atoms with Crippen LogP contribution >= 0.6 is 0 Å². The van der Waals surface area contributed by atoms with E-state index in [1.807, 2.05) is 59.2 Å². The third-order valence-corrected chi connectivity index (χ3v) is 5.13.